The molecule has 31 heavy (non-hydrogen) atoms. The number of benzene rings is 2. The quantitative estimate of drug-likeness (QED) is 0.581. The normalized spacial score (nSPS) is 16.5. The Morgan fingerprint density at radius 3 is 2.61 bits per heavy atom. The fourth-order valence-corrected chi connectivity index (χ4v) is 3.76. The van der Waals surface area contributed by atoms with Crippen molar-refractivity contribution in [1.82, 2.24) is 10.2 Å². The summed E-state index contributed by atoms with van der Waals surface area (Å²) in [4.78, 5) is 2.16. The molecule has 0 atom stereocenters. The minimum Gasteiger partial charge on any atom is -0.390 e. The molecule has 1 fully saturated rings. The SMILES string of the molecule is CC1(O)CCN(c2ccc3nncc(NCc4cccc(C(F)(F)F)c4F)c3c2)CC1. The van der Waals surface area contributed by atoms with E-state index < -0.39 is 23.2 Å². The summed E-state index contributed by atoms with van der Waals surface area (Å²) in [6, 6.07) is 8.90. The Labute approximate surface area is 176 Å². The van der Waals surface area contributed by atoms with Crippen molar-refractivity contribution >= 4 is 22.3 Å². The van der Waals surface area contributed by atoms with Crippen molar-refractivity contribution in [2.75, 3.05) is 23.3 Å². The molecule has 2 N–H and O–H groups in total. The minimum atomic E-state index is -4.75. The van der Waals surface area contributed by atoms with Crippen molar-refractivity contribution in [2.24, 2.45) is 0 Å². The van der Waals surface area contributed by atoms with Gasteiger partial charge >= 0.3 is 6.18 Å². The topological polar surface area (TPSA) is 61.3 Å². The lowest BCUT2D eigenvalue weighted by atomic mass is 9.93. The Kier molecular flexibility index (Phi) is 5.47. The van der Waals surface area contributed by atoms with Crippen molar-refractivity contribution < 1.29 is 22.7 Å². The van der Waals surface area contributed by atoms with Gasteiger partial charge in [-0.15, -0.1) is 0 Å². The van der Waals surface area contributed by atoms with Gasteiger partial charge in [-0.05, 0) is 44.0 Å². The highest BCUT2D eigenvalue weighted by Gasteiger charge is 2.34. The average Bonchev–Trinajstić information content (AvgIpc) is 2.72. The molecule has 2 heterocycles. The van der Waals surface area contributed by atoms with Crippen LogP contribution in [0.4, 0.5) is 28.9 Å². The van der Waals surface area contributed by atoms with Gasteiger partial charge in [0.15, 0.2) is 0 Å². The number of hydrogen-bond acceptors (Lipinski definition) is 5. The Bertz CT molecular complexity index is 1090. The van der Waals surface area contributed by atoms with E-state index in [-0.39, 0.29) is 12.1 Å². The van der Waals surface area contributed by atoms with Crippen molar-refractivity contribution in [1.29, 1.82) is 0 Å². The number of nitrogens with zero attached hydrogens (tertiary/aromatic N) is 3. The monoisotopic (exact) mass is 434 g/mol. The van der Waals surface area contributed by atoms with E-state index >= 15 is 0 Å². The van der Waals surface area contributed by atoms with Crippen LogP contribution in [0.1, 0.15) is 30.9 Å². The first-order chi connectivity index (χ1) is 14.6. The number of aromatic nitrogens is 2. The number of alkyl halides is 3. The second-order valence-electron chi connectivity index (χ2n) is 8.07. The van der Waals surface area contributed by atoms with Crippen molar-refractivity contribution in [3.8, 4) is 0 Å². The van der Waals surface area contributed by atoms with Gasteiger partial charge in [0.1, 0.15) is 5.82 Å². The van der Waals surface area contributed by atoms with Crippen molar-refractivity contribution in [3.05, 3.63) is 59.5 Å². The van der Waals surface area contributed by atoms with Gasteiger partial charge in [-0.2, -0.15) is 23.4 Å². The van der Waals surface area contributed by atoms with E-state index in [0.29, 0.717) is 37.1 Å². The van der Waals surface area contributed by atoms with Crippen LogP contribution in [0.2, 0.25) is 0 Å². The van der Waals surface area contributed by atoms with Crippen LogP contribution in [0.25, 0.3) is 10.9 Å². The van der Waals surface area contributed by atoms with E-state index in [9.17, 15) is 22.7 Å². The Morgan fingerprint density at radius 1 is 1.16 bits per heavy atom. The summed E-state index contributed by atoms with van der Waals surface area (Å²) in [5.41, 5.74) is 0.0711. The predicted octanol–water partition coefficient (Wildman–Crippen LogP) is 4.75. The van der Waals surface area contributed by atoms with Crippen LogP contribution in [0, 0.1) is 5.82 Å². The Hall–Kier alpha value is -2.94. The molecule has 1 aromatic heterocycles. The van der Waals surface area contributed by atoms with Crippen LogP contribution in [0.15, 0.2) is 42.6 Å². The molecule has 0 bridgehead atoms. The van der Waals surface area contributed by atoms with Crippen LogP contribution in [0.5, 0.6) is 0 Å². The molecular weight excluding hydrogens is 412 g/mol. The molecule has 164 valence electrons. The standard InChI is InChI=1S/C22H22F4N4O/c1-21(31)7-9-30(10-8-21)15-5-6-18-16(11-15)19(13-28-29-18)27-12-14-3-2-4-17(20(14)23)22(24,25)26/h2-6,11,13,31H,7-10,12H2,1H3,(H,27,29). The molecule has 2 aromatic carbocycles. The molecule has 5 nitrogen and oxygen atoms in total. The number of nitrogens with one attached hydrogen (secondary N) is 1. The third-order valence-corrected chi connectivity index (χ3v) is 5.68. The average molecular weight is 434 g/mol. The molecular formula is C22H22F4N4O. The molecule has 0 spiro atoms. The van der Waals surface area contributed by atoms with Crippen LogP contribution in [0.3, 0.4) is 0 Å². The van der Waals surface area contributed by atoms with Crippen LogP contribution < -0.4 is 10.2 Å². The van der Waals surface area contributed by atoms with Gasteiger partial charge in [-0.3, -0.25) is 0 Å². The summed E-state index contributed by atoms with van der Waals surface area (Å²) in [7, 11) is 0. The number of halogens is 4. The fraction of sp³-hybridized carbons (Fsp3) is 0.364. The molecule has 0 saturated carbocycles. The smallest absolute Gasteiger partial charge is 0.390 e. The Morgan fingerprint density at radius 2 is 1.90 bits per heavy atom. The van der Waals surface area contributed by atoms with E-state index in [0.717, 1.165) is 17.1 Å². The van der Waals surface area contributed by atoms with Gasteiger partial charge in [0.25, 0.3) is 0 Å². The summed E-state index contributed by atoms with van der Waals surface area (Å²) < 4.78 is 53.3. The van der Waals surface area contributed by atoms with E-state index in [2.05, 4.69) is 20.4 Å². The lowest BCUT2D eigenvalue weighted by Crippen LogP contribution is -2.42. The Balaban J connectivity index is 1.59. The molecule has 0 radical (unpaired) electrons. The first-order valence-corrected chi connectivity index (χ1v) is 9.95. The molecule has 4 rings (SSSR count). The van der Waals surface area contributed by atoms with Gasteiger partial charge in [0, 0.05) is 36.3 Å². The number of piperidine rings is 1. The maximum absolute atomic E-state index is 14.3. The molecule has 1 saturated heterocycles. The molecule has 0 aliphatic carbocycles. The van der Waals surface area contributed by atoms with Crippen LogP contribution >= 0.6 is 0 Å². The zero-order chi connectivity index (χ0) is 22.2. The predicted molar refractivity (Wildman–Crippen MR) is 110 cm³/mol. The van der Waals surface area contributed by atoms with E-state index in [1.54, 1.807) is 0 Å². The zero-order valence-electron chi connectivity index (χ0n) is 16.9. The highest BCUT2D eigenvalue weighted by Crippen LogP contribution is 2.33. The maximum Gasteiger partial charge on any atom is 0.419 e. The molecule has 0 unspecified atom stereocenters. The van der Waals surface area contributed by atoms with Crippen molar-refractivity contribution in [3.63, 3.8) is 0 Å². The first kappa shape index (κ1) is 21.3. The summed E-state index contributed by atoms with van der Waals surface area (Å²) >= 11 is 0. The molecule has 1 aliphatic heterocycles. The first-order valence-electron chi connectivity index (χ1n) is 9.95. The third kappa shape index (κ3) is 4.56. The van der Waals surface area contributed by atoms with E-state index in [1.165, 1.54) is 18.3 Å². The van der Waals surface area contributed by atoms with E-state index in [4.69, 9.17) is 0 Å². The lowest BCUT2D eigenvalue weighted by molar-refractivity contribution is -0.140. The summed E-state index contributed by atoms with van der Waals surface area (Å²) in [6.45, 7) is 3.10. The summed E-state index contributed by atoms with van der Waals surface area (Å²) in [5, 5.41) is 21.9. The number of hydrogen-bond donors (Lipinski definition) is 2. The van der Waals surface area contributed by atoms with Gasteiger partial charge < -0.3 is 15.3 Å². The van der Waals surface area contributed by atoms with Crippen LogP contribution in [-0.4, -0.2) is 34.0 Å². The maximum atomic E-state index is 14.3. The highest BCUT2D eigenvalue weighted by molar-refractivity contribution is 5.92. The van der Waals surface area contributed by atoms with Crippen molar-refractivity contribution in [2.45, 2.75) is 38.1 Å². The van der Waals surface area contributed by atoms with Gasteiger partial charge in [-0.25, -0.2) is 4.39 Å². The molecule has 3 aromatic rings. The lowest BCUT2D eigenvalue weighted by Gasteiger charge is -2.37. The largest absolute Gasteiger partial charge is 0.419 e. The molecule has 9 heteroatoms. The van der Waals surface area contributed by atoms with Gasteiger partial charge in [0.05, 0.1) is 28.6 Å². The van der Waals surface area contributed by atoms with Gasteiger partial charge in [0.2, 0.25) is 0 Å². The number of anilines is 2. The minimum absolute atomic E-state index is 0.0887. The second-order valence-corrected chi connectivity index (χ2v) is 8.07. The summed E-state index contributed by atoms with van der Waals surface area (Å²) in [5.74, 6) is -1.28. The second kappa shape index (κ2) is 7.96. The zero-order valence-corrected chi connectivity index (χ0v) is 16.9. The number of aliphatic hydroxyl groups is 1. The third-order valence-electron chi connectivity index (χ3n) is 5.68. The van der Waals surface area contributed by atoms with Crippen LogP contribution in [-0.2, 0) is 12.7 Å². The summed E-state index contributed by atoms with van der Waals surface area (Å²) in [6.07, 6.45) is -1.98. The highest BCUT2D eigenvalue weighted by atomic mass is 19.4. The number of rotatable bonds is 4. The number of fused-ring (bicyclic) bond motifs is 1. The fourth-order valence-electron chi connectivity index (χ4n) is 3.76. The van der Waals surface area contributed by atoms with Gasteiger partial charge in [-0.1, -0.05) is 12.1 Å². The van der Waals surface area contributed by atoms with E-state index in [1.807, 2.05) is 25.1 Å². The molecule has 0 amide bonds. The molecule has 1 aliphatic rings.